The monoisotopic (exact) mass is 448 g/mol. The minimum atomic E-state index is -0.122. The standard InChI is InChI=1S/C25H28N4O2.CH4O/c1-2-18-10-11-19(21-15-27-28-16-21)13-23(18)25(31)26-14-17-6-5-7-20(12-17)24(30)29-22-8-3-4-9-22;1-2/h5-7,10-13,15-16,22H,2-4,8-9,14H2,1H3,(H,26,31)(H,27,28)(H,29,30);2H,1H3. The second-order valence-electron chi connectivity index (χ2n) is 8.05. The van der Waals surface area contributed by atoms with E-state index in [1.807, 2.05) is 55.6 Å². The topological polar surface area (TPSA) is 107 Å². The number of amides is 2. The molecule has 1 aliphatic rings. The molecule has 7 heteroatoms. The second-order valence-corrected chi connectivity index (χ2v) is 8.05. The molecular formula is C26H32N4O3. The molecule has 0 saturated heterocycles. The van der Waals surface area contributed by atoms with Crippen molar-refractivity contribution in [3.8, 4) is 11.1 Å². The van der Waals surface area contributed by atoms with Crippen molar-refractivity contribution in [1.29, 1.82) is 0 Å². The summed E-state index contributed by atoms with van der Waals surface area (Å²) < 4.78 is 0. The summed E-state index contributed by atoms with van der Waals surface area (Å²) >= 11 is 0. The predicted molar refractivity (Wildman–Crippen MR) is 129 cm³/mol. The van der Waals surface area contributed by atoms with Crippen molar-refractivity contribution in [3.05, 3.63) is 77.1 Å². The average molecular weight is 449 g/mol. The maximum absolute atomic E-state index is 13.0. The summed E-state index contributed by atoms with van der Waals surface area (Å²) in [6.07, 6.45) is 8.79. The number of aliphatic hydroxyl groups excluding tert-OH is 1. The molecular weight excluding hydrogens is 416 g/mol. The predicted octanol–water partition coefficient (Wildman–Crippen LogP) is 3.85. The van der Waals surface area contributed by atoms with Gasteiger partial charge >= 0.3 is 0 Å². The summed E-state index contributed by atoms with van der Waals surface area (Å²) in [5.74, 6) is -0.163. The van der Waals surface area contributed by atoms with Crippen LogP contribution in [0.25, 0.3) is 11.1 Å². The number of rotatable bonds is 7. The molecule has 0 atom stereocenters. The number of hydrogen-bond acceptors (Lipinski definition) is 4. The molecule has 1 saturated carbocycles. The molecule has 0 aliphatic heterocycles. The van der Waals surface area contributed by atoms with Crippen molar-refractivity contribution >= 4 is 11.8 Å². The molecule has 0 unspecified atom stereocenters. The van der Waals surface area contributed by atoms with E-state index in [-0.39, 0.29) is 17.9 Å². The van der Waals surface area contributed by atoms with E-state index in [0.717, 1.165) is 48.6 Å². The van der Waals surface area contributed by atoms with E-state index in [0.29, 0.717) is 17.7 Å². The SMILES string of the molecule is CCc1ccc(-c2cn[nH]c2)cc1C(=O)NCc1cccc(C(=O)NC2CCCC2)c1.CO. The van der Waals surface area contributed by atoms with Crippen LogP contribution in [0.3, 0.4) is 0 Å². The minimum absolute atomic E-state index is 0.0406. The Balaban J connectivity index is 0.00000149. The van der Waals surface area contributed by atoms with E-state index in [4.69, 9.17) is 5.11 Å². The first-order valence-electron chi connectivity index (χ1n) is 11.4. The Morgan fingerprint density at radius 2 is 1.85 bits per heavy atom. The zero-order chi connectivity index (χ0) is 23.6. The molecule has 1 aromatic heterocycles. The van der Waals surface area contributed by atoms with Gasteiger partial charge in [-0.2, -0.15) is 5.10 Å². The van der Waals surface area contributed by atoms with Gasteiger partial charge in [-0.1, -0.05) is 44.0 Å². The average Bonchev–Trinajstić information content (AvgIpc) is 3.58. The fourth-order valence-electron chi connectivity index (χ4n) is 4.12. The van der Waals surface area contributed by atoms with E-state index in [9.17, 15) is 9.59 Å². The van der Waals surface area contributed by atoms with Crippen molar-refractivity contribution in [2.75, 3.05) is 7.11 Å². The smallest absolute Gasteiger partial charge is 0.251 e. The lowest BCUT2D eigenvalue weighted by Gasteiger charge is -2.13. The van der Waals surface area contributed by atoms with Crippen molar-refractivity contribution in [2.24, 2.45) is 0 Å². The largest absolute Gasteiger partial charge is 0.400 e. The van der Waals surface area contributed by atoms with Crippen LogP contribution in [0.4, 0.5) is 0 Å². The summed E-state index contributed by atoms with van der Waals surface area (Å²) in [6, 6.07) is 13.7. The third-order valence-corrected chi connectivity index (χ3v) is 5.90. The Morgan fingerprint density at radius 3 is 2.55 bits per heavy atom. The highest BCUT2D eigenvalue weighted by molar-refractivity contribution is 5.97. The highest BCUT2D eigenvalue weighted by atomic mass is 16.2. The number of nitrogens with zero attached hydrogens (tertiary/aromatic N) is 1. The molecule has 33 heavy (non-hydrogen) atoms. The lowest BCUT2D eigenvalue weighted by Crippen LogP contribution is -2.32. The van der Waals surface area contributed by atoms with E-state index in [1.165, 1.54) is 12.8 Å². The van der Waals surface area contributed by atoms with Crippen LogP contribution in [0.1, 0.15) is 64.4 Å². The van der Waals surface area contributed by atoms with Crippen LogP contribution in [-0.4, -0.2) is 40.3 Å². The molecule has 2 amide bonds. The van der Waals surface area contributed by atoms with Gasteiger partial charge in [-0.05, 0) is 54.2 Å². The number of hydrogen-bond donors (Lipinski definition) is 4. The number of aromatic nitrogens is 2. The Hall–Kier alpha value is -3.45. The summed E-state index contributed by atoms with van der Waals surface area (Å²) in [7, 11) is 1.00. The number of carbonyl (C=O) groups is 2. The van der Waals surface area contributed by atoms with Crippen molar-refractivity contribution < 1.29 is 14.7 Å². The van der Waals surface area contributed by atoms with Crippen molar-refractivity contribution in [3.63, 3.8) is 0 Å². The van der Waals surface area contributed by atoms with E-state index >= 15 is 0 Å². The molecule has 1 heterocycles. The fraction of sp³-hybridized carbons (Fsp3) is 0.346. The van der Waals surface area contributed by atoms with Gasteiger partial charge in [0.15, 0.2) is 0 Å². The van der Waals surface area contributed by atoms with E-state index < -0.39 is 0 Å². The first kappa shape index (κ1) is 24.2. The molecule has 2 aromatic carbocycles. The summed E-state index contributed by atoms with van der Waals surface area (Å²) in [5, 5.41) is 19.9. The second kappa shape index (κ2) is 12.0. The lowest BCUT2D eigenvalue weighted by molar-refractivity contribution is 0.0935. The molecule has 0 spiro atoms. The molecule has 3 aromatic rings. The maximum Gasteiger partial charge on any atom is 0.251 e. The van der Waals surface area contributed by atoms with Crippen LogP contribution in [0.5, 0.6) is 0 Å². The van der Waals surface area contributed by atoms with Crippen LogP contribution in [0, 0.1) is 0 Å². The number of aromatic amines is 1. The van der Waals surface area contributed by atoms with Crippen molar-refractivity contribution in [1.82, 2.24) is 20.8 Å². The van der Waals surface area contributed by atoms with Crippen LogP contribution < -0.4 is 10.6 Å². The third-order valence-electron chi connectivity index (χ3n) is 5.90. The highest BCUT2D eigenvalue weighted by Gasteiger charge is 2.18. The first-order chi connectivity index (χ1) is 16.1. The minimum Gasteiger partial charge on any atom is -0.400 e. The van der Waals surface area contributed by atoms with Gasteiger partial charge in [-0.25, -0.2) is 0 Å². The van der Waals surface area contributed by atoms with Crippen LogP contribution in [0.2, 0.25) is 0 Å². The summed E-state index contributed by atoms with van der Waals surface area (Å²) in [6.45, 7) is 2.40. The van der Waals surface area contributed by atoms with Crippen LogP contribution in [0.15, 0.2) is 54.9 Å². The number of carbonyl (C=O) groups excluding carboxylic acids is 2. The summed E-state index contributed by atoms with van der Waals surface area (Å²) in [4.78, 5) is 25.5. The molecule has 1 fully saturated rings. The van der Waals surface area contributed by atoms with Gasteiger partial charge in [0.2, 0.25) is 0 Å². The molecule has 7 nitrogen and oxygen atoms in total. The Morgan fingerprint density at radius 1 is 1.06 bits per heavy atom. The normalized spacial score (nSPS) is 13.2. The zero-order valence-electron chi connectivity index (χ0n) is 19.2. The third kappa shape index (κ3) is 6.29. The number of benzene rings is 2. The number of aryl methyl sites for hydroxylation is 1. The molecule has 1 aliphatic carbocycles. The van der Waals surface area contributed by atoms with E-state index in [1.54, 1.807) is 6.20 Å². The highest BCUT2D eigenvalue weighted by Crippen LogP contribution is 2.22. The number of H-pyrrole nitrogens is 1. The first-order valence-corrected chi connectivity index (χ1v) is 11.4. The molecule has 174 valence electrons. The Kier molecular flexibility index (Phi) is 8.78. The quantitative estimate of drug-likeness (QED) is 0.440. The van der Waals surface area contributed by atoms with E-state index in [2.05, 4.69) is 20.8 Å². The van der Waals surface area contributed by atoms with Gasteiger partial charge in [0, 0.05) is 42.6 Å². The molecule has 4 rings (SSSR count). The van der Waals surface area contributed by atoms with Gasteiger partial charge in [0.05, 0.1) is 6.20 Å². The molecule has 0 radical (unpaired) electrons. The molecule has 4 N–H and O–H groups in total. The van der Waals surface area contributed by atoms with Crippen LogP contribution >= 0.6 is 0 Å². The van der Waals surface area contributed by atoms with Gasteiger partial charge in [-0.3, -0.25) is 14.7 Å². The maximum atomic E-state index is 13.0. The number of aliphatic hydroxyl groups is 1. The van der Waals surface area contributed by atoms with Gasteiger partial charge in [-0.15, -0.1) is 0 Å². The Labute approximate surface area is 194 Å². The fourth-order valence-corrected chi connectivity index (χ4v) is 4.12. The van der Waals surface area contributed by atoms with Gasteiger partial charge in [0.25, 0.3) is 11.8 Å². The summed E-state index contributed by atoms with van der Waals surface area (Å²) in [5.41, 5.74) is 5.08. The number of nitrogens with one attached hydrogen (secondary N) is 3. The Bertz CT molecular complexity index is 1060. The van der Waals surface area contributed by atoms with Crippen molar-refractivity contribution in [2.45, 2.75) is 51.6 Å². The van der Waals surface area contributed by atoms with Crippen LogP contribution in [-0.2, 0) is 13.0 Å². The van der Waals surface area contributed by atoms with Gasteiger partial charge < -0.3 is 15.7 Å². The zero-order valence-corrected chi connectivity index (χ0v) is 19.2. The van der Waals surface area contributed by atoms with Gasteiger partial charge in [0.1, 0.15) is 0 Å². The lowest BCUT2D eigenvalue weighted by atomic mass is 9.98. The molecule has 0 bridgehead atoms.